The Morgan fingerprint density at radius 1 is 1.36 bits per heavy atom. The molecule has 1 atom stereocenters. The highest BCUT2D eigenvalue weighted by molar-refractivity contribution is 7.92. The molecule has 0 aliphatic heterocycles. The smallest absolute Gasteiger partial charge is 0.251 e. The van der Waals surface area contributed by atoms with Gasteiger partial charge in [-0.1, -0.05) is 19.3 Å². The molecule has 1 aliphatic carbocycles. The lowest BCUT2D eigenvalue weighted by molar-refractivity contribution is -0.120. The van der Waals surface area contributed by atoms with E-state index in [4.69, 9.17) is 5.73 Å². The zero-order chi connectivity index (χ0) is 16.3. The van der Waals surface area contributed by atoms with Crippen molar-refractivity contribution >= 4 is 21.7 Å². The first-order valence-corrected chi connectivity index (χ1v) is 9.05. The topological polar surface area (TPSA) is 120 Å². The van der Waals surface area contributed by atoms with Crippen LogP contribution in [0.1, 0.15) is 39.0 Å². The summed E-state index contributed by atoms with van der Waals surface area (Å²) < 4.78 is 26.0. The Morgan fingerprint density at radius 3 is 2.55 bits per heavy atom. The first-order chi connectivity index (χ1) is 10.3. The number of hydrogen-bond acceptors (Lipinski definition) is 6. The van der Waals surface area contributed by atoms with E-state index in [1.165, 1.54) is 37.8 Å². The molecule has 0 saturated heterocycles. The Balaban J connectivity index is 2.01. The Hall–Kier alpha value is -1.64. The van der Waals surface area contributed by atoms with Crippen LogP contribution >= 0.6 is 0 Å². The zero-order valence-corrected chi connectivity index (χ0v) is 13.8. The van der Waals surface area contributed by atoms with Crippen LogP contribution in [-0.2, 0) is 21.7 Å². The SMILES string of the molecule is C[C@H](C(=O)NCC1CCCCC1)S(=O)(=O)c1nnc(N)n1C. The number of nitrogen functional groups attached to an aromatic ring is 1. The van der Waals surface area contributed by atoms with E-state index in [9.17, 15) is 13.2 Å². The van der Waals surface area contributed by atoms with Gasteiger partial charge in [0.1, 0.15) is 5.25 Å². The second-order valence-corrected chi connectivity index (χ2v) is 8.00. The van der Waals surface area contributed by atoms with Crippen LogP contribution in [0.5, 0.6) is 0 Å². The third-order valence-corrected chi connectivity index (χ3v) is 6.26. The summed E-state index contributed by atoms with van der Waals surface area (Å²) in [5.74, 6) is -0.0707. The maximum atomic E-state index is 12.4. The molecule has 9 heteroatoms. The fourth-order valence-corrected chi connectivity index (χ4v) is 3.96. The third-order valence-electron chi connectivity index (χ3n) is 4.25. The second-order valence-electron chi connectivity index (χ2n) is 5.84. The molecule has 1 aliphatic rings. The van der Waals surface area contributed by atoms with Gasteiger partial charge in [0, 0.05) is 13.6 Å². The van der Waals surface area contributed by atoms with Crippen LogP contribution in [0.4, 0.5) is 5.95 Å². The molecule has 0 aromatic carbocycles. The molecule has 1 aromatic rings. The van der Waals surface area contributed by atoms with E-state index in [1.807, 2.05) is 0 Å². The van der Waals surface area contributed by atoms with Crippen molar-refractivity contribution in [2.45, 2.75) is 49.4 Å². The summed E-state index contributed by atoms with van der Waals surface area (Å²) in [4.78, 5) is 12.1. The van der Waals surface area contributed by atoms with Crippen LogP contribution in [-0.4, -0.2) is 40.9 Å². The molecular weight excluding hydrogens is 306 g/mol. The van der Waals surface area contributed by atoms with Gasteiger partial charge in [0.05, 0.1) is 0 Å². The van der Waals surface area contributed by atoms with Gasteiger partial charge in [-0.3, -0.25) is 9.36 Å². The molecule has 0 bridgehead atoms. The second kappa shape index (κ2) is 6.64. The van der Waals surface area contributed by atoms with Gasteiger partial charge in [0.25, 0.3) is 5.16 Å². The fourth-order valence-electron chi connectivity index (χ4n) is 2.65. The van der Waals surface area contributed by atoms with Gasteiger partial charge in [0.2, 0.25) is 21.7 Å². The van der Waals surface area contributed by atoms with Crippen LogP contribution in [0.3, 0.4) is 0 Å². The molecule has 22 heavy (non-hydrogen) atoms. The Labute approximate surface area is 130 Å². The highest BCUT2D eigenvalue weighted by Gasteiger charge is 2.34. The first kappa shape index (κ1) is 16.7. The summed E-state index contributed by atoms with van der Waals surface area (Å²) in [5, 5.41) is 8.32. The van der Waals surface area contributed by atoms with Gasteiger partial charge in [-0.15, -0.1) is 10.2 Å². The Kier molecular flexibility index (Phi) is 5.05. The van der Waals surface area contributed by atoms with E-state index in [0.717, 1.165) is 12.8 Å². The molecule has 1 amide bonds. The van der Waals surface area contributed by atoms with Crippen molar-refractivity contribution in [1.82, 2.24) is 20.1 Å². The summed E-state index contributed by atoms with van der Waals surface area (Å²) in [6.45, 7) is 1.88. The van der Waals surface area contributed by atoms with Crippen molar-refractivity contribution in [3.63, 3.8) is 0 Å². The number of sulfone groups is 1. The van der Waals surface area contributed by atoms with Crippen molar-refractivity contribution in [3.8, 4) is 0 Å². The quantitative estimate of drug-likeness (QED) is 0.799. The molecule has 1 heterocycles. The van der Waals surface area contributed by atoms with Crippen molar-refractivity contribution < 1.29 is 13.2 Å². The number of nitrogens with two attached hydrogens (primary N) is 1. The molecular formula is C13H23N5O3S. The standard InChI is InChI=1S/C13H23N5O3S/c1-9(11(19)15-8-10-6-4-3-5-7-10)22(20,21)13-17-16-12(14)18(13)2/h9-10H,3-8H2,1-2H3,(H2,14,16)(H,15,19)/t9-/m1/s1. The van der Waals surface area contributed by atoms with E-state index in [1.54, 1.807) is 0 Å². The fraction of sp³-hybridized carbons (Fsp3) is 0.769. The molecule has 2 rings (SSSR count). The minimum Gasteiger partial charge on any atom is -0.368 e. The van der Waals surface area contributed by atoms with E-state index >= 15 is 0 Å². The van der Waals surface area contributed by atoms with E-state index in [0.29, 0.717) is 12.5 Å². The maximum Gasteiger partial charge on any atom is 0.251 e. The molecule has 0 unspecified atom stereocenters. The predicted molar refractivity (Wildman–Crippen MR) is 81.6 cm³/mol. The van der Waals surface area contributed by atoms with Crippen LogP contribution in [0.2, 0.25) is 0 Å². The predicted octanol–water partition coefficient (Wildman–Crippen LogP) is 0.256. The molecule has 124 valence electrons. The number of aromatic nitrogens is 3. The van der Waals surface area contributed by atoms with Gasteiger partial charge in [0.15, 0.2) is 0 Å². The van der Waals surface area contributed by atoms with Crippen molar-refractivity contribution in [3.05, 3.63) is 0 Å². The number of anilines is 1. The monoisotopic (exact) mass is 329 g/mol. The molecule has 8 nitrogen and oxygen atoms in total. The van der Waals surface area contributed by atoms with Crippen molar-refractivity contribution in [2.24, 2.45) is 13.0 Å². The van der Waals surface area contributed by atoms with Gasteiger partial charge in [-0.2, -0.15) is 0 Å². The number of carbonyl (C=O) groups excluding carboxylic acids is 1. The van der Waals surface area contributed by atoms with Crippen LogP contribution in [0, 0.1) is 5.92 Å². The van der Waals surface area contributed by atoms with Gasteiger partial charge in [-0.05, 0) is 25.7 Å². The number of hydrogen-bond donors (Lipinski definition) is 2. The van der Waals surface area contributed by atoms with Gasteiger partial charge >= 0.3 is 0 Å². The molecule has 1 saturated carbocycles. The molecule has 0 radical (unpaired) electrons. The van der Waals surface area contributed by atoms with Crippen molar-refractivity contribution in [1.29, 1.82) is 0 Å². The maximum absolute atomic E-state index is 12.4. The van der Waals surface area contributed by atoms with Gasteiger partial charge in [-0.25, -0.2) is 8.42 Å². The number of amides is 1. The Bertz CT molecular complexity index is 634. The van der Waals surface area contributed by atoms with Crippen LogP contribution in [0.15, 0.2) is 5.16 Å². The van der Waals surface area contributed by atoms with E-state index in [2.05, 4.69) is 15.5 Å². The van der Waals surface area contributed by atoms with E-state index in [-0.39, 0.29) is 11.1 Å². The number of carbonyl (C=O) groups is 1. The van der Waals surface area contributed by atoms with Crippen LogP contribution < -0.4 is 11.1 Å². The lowest BCUT2D eigenvalue weighted by atomic mass is 9.89. The summed E-state index contributed by atoms with van der Waals surface area (Å²) in [6.07, 6.45) is 5.75. The summed E-state index contributed by atoms with van der Waals surface area (Å²) in [5.41, 5.74) is 5.49. The average molecular weight is 329 g/mol. The third kappa shape index (κ3) is 3.40. The minimum absolute atomic E-state index is 0.00612. The molecule has 1 aromatic heterocycles. The number of nitrogens with zero attached hydrogens (tertiary/aromatic N) is 3. The summed E-state index contributed by atoms with van der Waals surface area (Å²) in [7, 11) is -2.45. The van der Waals surface area contributed by atoms with Crippen LogP contribution in [0.25, 0.3) is 0 Å². The zero-order valence-electron chi connectivity index (χ0n) is 12.9. The summed E-state index contributed by atoms with van der Waals surface area (Å²) in [6, 6.07) is 0. The lowest BCUT2D eigenvalue weighted by Crippen LogP contribution is -2.41. The average Bonchev–Trinajstić information content (AvgIpc) is 2.85. The summed E-state index contributed by atoms with van der Waals surface area (Å²) >= 11 is 0. The van der Waals surface area contributed by atoms with Gasteiger partial charge < -0.3 is 11.1 Å². The Morgan fingerprint density at radius 2 is 2.00 bits per heavy atom. The minimum atomic E-state index is -3.90. The van der Waals surface area contributed by atoms with Crippen molar-refractivity contribution in [2.75, 3.05) is 12.3 Å². The van der Waals surface area contributed by atoms with E-state index < -0.39 is 21.0 Å². The molecule has 3 N–H and O–H groups in total. The normalized spacial score (nSPS) is 18.1. The number of rotatable bonds is 5. The lowest BCUT2D eigenvalue weighted by Gasteiger charge is -2.22. The molecule has 1 fully saturated rings. The molecule has 0 spiro atoms. The highest BCUT2D eigenvalue weighted by atomic mass is 32.2. The number of nitrogens with one attached hydrogen (secondary N) is 1. The first-order valence-electron chi connectivity index (χ1n) is 7.50. The largest absolute Gasteiger partial charge is 0.368 e. The highest BCUT2D eigenvalue weighted by Crippen LogP contribution is 2.23.